The largest absolute Gasteiger partial charge is 0.488 e. The maximum atomic E-state index is 13.0. The van der Waals surface area contributed by atoms with Crippen molar-refractivity contribution < 1.29 is 19.5 Å². The molecule has 6 heteroatoms. The Labute approximate surface area is 79.5 Å². The number of rotatable bonds is 2. The molecule has 0 spiro atoms. The van der Waals surface area contributed by atoms with Gasteiger partial charge in [-0.05, 0) is 11.5 Å². The molecule has 0 unspecified atom stereocenters. The summed E-state index contributed by atoms with van der Waals surface area (Å²) in [5.74, 6) is -0.742. The first kappa shape index (κ1) is 10.5. The van der Waals surface area contributed by atoms with Crippen LogP contribution in [0.2, 0.25) is 5.02 Å². The van der Waals surface area contributed by atoms with Gasteiger partial charge in [0.1, 0.15) is 5.82 Å². The van der Waals surface area contributed by atoms with Gasteiger partial charge in [-0.2, -0.15) is 0 Å². The highest BCUT2D eigenvalue weighted by Crippen LogP contribution is 2.16. The molecular weight excluding hydrogens is 197 g/mol. The van der Waals surface area contributed by atoms with Crippen LogP contribution in [0.5, 0.6) is 0 Å². The summed E-state index contributed by atoms with van der Waals surface area (Å²) in [6.45, 7) is -0.536. The predicted octanol–water partition coefficient (Wildman–Crippen LogP) is -0.349. The lowest BCUT2D eigenvalue weighted by atomic mass is 9.79. The van der Waals surface area contributed by atoms with Gasteiger partial charge in [0.05, 0.1) is 11.6 Å². The van der Waals surface area contributed by atoms with Crippen molar-refractivity contribution in [2.75, 3.05) is 0 Å². The highest BCUT2D eigenvalue weighted by atomic mass is 35.5. The molecule has 3 nitrogen and oxygen atoms in total. The van der Waals surface area contributed by atoms with Gasteiger partial charge in [-0.15, -0.1) is 0 Å². The predicted molar refractivity (Wildman–Crippen MR) is 47.2 cm³/mol. The smallest absolute Gasteiger partial charge is 0.423 e. The average Bonchev–Trinajstić information content (AvgIpc) is 2.09. The second kappa shape index (κ2) is 4.06. The van der Waals surface area contributed by atoms with E-state index in [1.54, 1.807) is 0 Å². The van der Waals surface area contributed by atoms with E-state index < -0.39 is 19.5 Å². The van der Waals surface area contributed by atoms with Gasteiger partial charge in [-0.3, -0.25) is 0 Å². The first-order valence-corrected chi connectivity index (χ1v) is 3.89. The van der Waals surface area contributed by atoms with E-state index in [9.17, 15) is 4.39 Å². The van der Waals surface area contributed by atoms with Crippen molar-refractivity contribution in [1.29, 1.82) is 0 Å². The van der Waals surface area contributed by atoms with Crippen LogP contribution >= 0.6 is 11.6 Å². The summed E-state index contributed by atoms with van der Waals surface area (Å²) < 4.78 is 13.0. The Kier molecular flexibility index (Phi) is 3.27. The van der Waals surface area contributed by atoms with Crippen molar-refractivity contribution in [2.45, 2.75) is 6.61 Å². The third-order valence-corrected chi connectivity index (χ3v) is 1.87. The van der Waals surface area contributed by atoms with E-state index in [4.69, 9.17) is 26.8 Å². The Morgan fingerprint density at radius 2 is 2.00 bits per heavy atom. The summed E-state index contributed by atoms with van der Waals surface area (Å²) in [5, 5.41) is 25.9. The van der Waals surface area contributed by atoms with Crippen molar-refractivity contribution in [2.24, 2.45) is 0 Å². The number of hydrogen-bond donors (Lipinski definition) is 3. The van der Waals surface area contributed by atoms with Gasteiger partial charge in [-0.25, -0.2) is 4.39 Å². The van der Waals surface area contributed by atoms with Crippen molar-refractivity contribution in [1.82, 2.24) is 0 Å². The molecule has 0 fully saturated rings. The molecule has 0 saturated heterocycles. The fourth-order valence-electron chi connectivity index (χ4n) is 0.933. The SMILES string of the molecule is OCc1cc(B(O)O)cc(Cl)c1F. The van der Waals surface area contributed by atoms with Gasteiger partial charge in [0.25, 0.3) is 0 Å². The number of benzene rings is 1. The molecule has 1 aromatic rings. The molecule has 1 rings (SSSR count). The van der Waals surface area contributed by atoms with E-state index in [-0.39, 0.29) is 16.0 Å². The topological polar surface area (TPSA) is 60.7 Å². The molecule has 0 atom stereocenters. The Hall–Kier alpha value is -0.615. The summed E-state index contributed by atoms with van der Waals surface area (Å²) in [6, 6.07) is 2.24. The molecule has 0 saturated carbocycles. The second-order valence-electron chi connectivity index (χ2n) is 2.51. The van der Waals surface area contributed by atoms with Gasteiger partial charge < -0.3 is 15.2 Å². The van der Waals surface area contributed by atoms with Gasteiger partial charge >= 0.3 is 7.12 Å². The fraction of sp³-hybridized carbons (Fsp3) is 0.143. The van der Waals surface area contributed by atoms with E-state index in [2.05, 4.69) is 0 Å². The lowest BCUT2D eigenvalue weighted by molar-refractivity contribution is 0.276. The highest BCUT2D eigenvalue weighted by Gasteiger charge is 2.16. The van der Waals surface area contributed by atoms with Crippen LogP contribution in [0.15, 0.2) is 12.1 Å². The highest BCUT2D eigenvalue weighted by molar-refractivity contribution is 6.59. The third kappa shape index (κ3) is 2.19. The molecule has 0 aliphatic carbocycles. The first-order chi connectivity index (χ1) is 6.06. The summed E-state index contributed by atoms with van der Waals surface area (Å²) in [4.78, 5) is 0. The molecule has 3 N–H and O–H groups in total. The molecule has 70 valence electrons. The van der Waals surface area contributed by atoms with Crippen LogP contribution in [-0.4, -0.2) is 22.3 Å². The molecule has 13 heavy (non-hydrogen) atoms. The third-order valence-electron chi connectivity index (χ3n) is 1.59. The minimum Gasteiger partial charge on any atom is -0.423 e. The molecular formula is C7H7BClFO3. The van der Waals surface area contributed by atoms with Gasteiger partial charge in [-0.1, -0.05) is 17.7 Å². The van der Waals surface area contributed by atoms with Crippen molar-refractivity contribution >= 4 is 24.2 Å². The minimum atomic E-state index is -1.72. The number of halogens is 2. The Bertz CT molecular complexity index is 319. The molecule has 0 bridgehead atoms. The molecule has 0 aliphatic rings. The lowest BCUT2D eigenvalue weighted by Crippen LogP contribution is -2.30. The maximum Gasteiger partial charge on any atom is 0.488 e. The van der Waals surface area contributed by atoms with Crippen LogP contribution in [0.25, 0.3) is 0 Å². The van der Waals surface area contributed by atoms with E-state index in [0.717, 1.165) is 12.1 Å². The number of aliphatic hydroxyl groups excluding tert-OH is 1. The summed E-state index contributed by atoms with van der Waals surface area (Å²) in [6.07, 6.45) is 0. The maximum absolute atomic E-state index is 13.0. The molecule has 0 aromatic heterocycles. The fourth-order valence-corrected chi connectivity index (χ4v) is 1.18. The second-order valence-corrected chi connectivity index (χ2v) is 2.91. The zero-order chi connectivity index (χ0) is 10.0. The van der Waals surface area contributed by atoms with Crippen LogP contribution in [-0.2, 0) is 6.61 Å². The molecule has 0 radical (unpaired) electrons. The Balaban J connectivity index is 3.22. The van der Waals surface area contributed by atoms with Crippen molar-refractivity contribution in [3.8, 4) is 0 Å². The van der Waals surface area contributed by atoms with Crippen LogP contribution in [0, 0.1) is 5.82 Å². The van der Waals surface area contributed by atoms with Crippen molar-refractivity contribution in [3.05, 3.63) is 28.5 Å². The molecule has 0 heterocycles. The first-order valence-electron chi connectivity index (χ1n) is 3.51. The zero-order valence-corrected chi connectivity index (χ0v) is 7.29. The molecule has 0 aliphatic heterocycles. The summed E-state index contributed by atoms with van der Waals surface area (Å²) in [5.41, 5.74) is -0.00829. The molecule has 1 aromatic carbocycles. The van der Waals surface area contributed by atoms with Gasteiger partial charge in [0.15, 0.2) is 0 Å². The van der Waals surface area contributed by atoms with E-state index in [1.807, 2.05) is 0 Å². The summed E-state index contributed by atoms with van der Waals surface area (Å²) in [7, 11) is -1.72. The molecule has 0 amide bonds. The average molecular weight is 204 g/mol. The van der Waals surface area contributed by atoms with Gasteiger partial charge in [0, 0.05) is 5.56 Å². The van der Waals surface area contributed by atoms with E-state index in [0.29, 0.717) is 0 Å². The number of aliphatic hydroxyl groups is 1. The van der Waals surface area contributed by atoms with Crippen LogP contribution in [0.3, 0.4) is 0 Å². The Morgan fingerprint density at radius 3 is 2.46 bits per heavy atom. The number of hydrogen-bond acceptors (Lipinski definition) is 3. The Morgan fingerprint density at radius 1 is 1.38 bits per heavy atom. The van der Waals surface area contributed by atoms with Crippen molar-refractivity contribution in [3.63, 3.8) is 0 Å². The quantitative estimate of drug-likeness (QED) is 0.577. The lowest BCUT2D eigenvalue weighted by Gasteiger charge is -2.05. The van der Waals surface area contributed by atoms with Crippen LogP contribution in [0.1, 0.15) is 5.56 Å². The van der Waals surface area contributed by atoms with Crippen LogP contribution < -0.4 is 5.46 Å². The van der Waals surface area contributed by atoms with Gasteiger partial charge in [0.2, 0.25) is 0 Å². The van der Waals surface area contributed by atoms with E-state index in [1.165, 1.54) is 0 Å². The monoisotopic (exact) mass is 204 g/mol. The minimum absolute atomic E-state index is 0.0513. The summed E-state index contributed by atoms with van der Waals surface area (Å²) >= 11 is 5.43. The standard InChI is InChI=1S/C7H7BClFO3/c9-6-2-5(8(12)13)1-4(3-11)7(6)10/h1-2,11-13H,3H2. The normalized spacial score (nSPS) is 10.2. The van der Waals surface area contributed by atoms with E-state index >= 15 is 0 Å². The van der Waals surface area contributed by atoms with Crippen LogP contribution in [0.4, 0.5) is 4.39 Å². The zero-order valence-electron chi connectivity index (χ0n) is 6.54.